The van der Waals surface area contributed by atoms with Crippen LogP contribution in [-0.2, 0) is 4.79 Å². The Morgan fingerprint density at radius 2 is 1.85 bits per heavy atom. The Labute approximate surface area is 154 Å². The summed E-state index contributed by atoms with van der Waals surface area (Å²) in [6.07, 6.45) is 5.10. The lowest BCUT2D eigenvalue weighted by molar-refractivity contribution is -0.145. The van der Waals surface area contributed by atoms with Crippen LogP contribution in [0.3, 0.4) is 0 Å². The highest BCUT2D eigenvalue weighted by Crippen LogP contribution is 2.42. The van der Waals surface area contributed by atoms with E-state index in [2.05, 4.69) is 0 Å². The van der Waals surface area contributed by atoms with Crippen molar-refractivity contribution >= 4 is 17.6 Å². The standard InChI is InChI=1S/C21H26N2O3/c1-15(24)17-5-2-3-6-18(17)19(25)23-12-10-21(14-23)9-4-11-22(20(21)26)13-16-7-8-16/h2-3,5-6,16H,4,7-14H2,1H3/t21-/m1/s1. The van der Waals surface area contributed by atoms with Crippen molar-refractivity contribution in [2.75, 3.05) is 26.2 Å². The normalized spacial score (nSPS) is 25.8. The van der Waals surface area contributed by atoms with Gasteiger partial charge in [-0.15, -0.1) is 0 Å². The fraction of sp³-hybridized carbons (Fsp3) is 0.571. The summed E-state index contributed by atoms with van der Waals surface area (Å²) in [5.74, 6) is 0.702. The minimum Gasteiger partial charge on any atom is -0.342 e. The van der Waals surface area contributed by atoms with Crippen LogP contribution in [0.25, 0.3) is 0 Å². The number of piperidine rings is 1. The zero-order valence-electron chi connectivity index (χ0n) is 15.4. The van der Waals surface area contributed by atoms with Crippen molar-refractivity contribution in [1.82, 2.24) is 9.80 Å². The summed E-state index contributed by atoms with van der Waals surface area (Å²) in [5, 5.41) is 0. The summed E-state index contributed by atoms with van der Waals surface area (Å²) >= 11 is 0. The molecule has 3 aliphatic rings. The van der Waals surface area contributed by atoms with Gasteiger partial charge in [0.15, 0.2) is 5.78 Å². The Kier molecular flexibility index (Phi) is 4.33. The Morgan fingerprint density at radius 1 is 1.12 bits per heavy atom. The van der Waals surface area contributed by atoms with Crippen LogP contribution in [0, 0.1) is 11.3 Å². The average molecular weight is 354 g/mol. The quantitative estimate of drug-likeness (QED) is 0.781. The van der Waals surface area contributed by atoms with Gasteiger partial charge in [0, 0.05) is 31.7 Å². The first-order valence-corrected chi connectivity index (χ1v) is 9.69. The lowest BCUT2D eigenvalue weighted by Crippen LogP contribution is -2.51. The molecule has 4 rings (SSSR count). The van der Waals surface area contributed by atoms with Crippen LogP contribution < -0.4 is 0 Å². The van der Waals surface area contributed by atoms with Crippen molar-refractivity contribution in [3.8, 4) is 0 Å². The second-order valence-electron chi connectivity index (χ2n) is 8.16. The molecule has 0 bridgehead atoms. The average Bonchev–Trinajstić information content (AvgIpc) is 3.36. The zero-order chi connectivity index (χ0) is 18.3. The number of hydrogen-bond donors (Lipinski definition) is 0. The Bertz CT molecular complexity index is 755. The van der Waals surface area contributed by atoms with Gasteiger partial charge in [0.2, 0.25) is 5.91 Å². The summed E-state index contributed by atoms with van der Waals surface area (Å²) in [6, 6.07) is 6.98. The van der Waals surface area contributed by atoms with Gasteiger partial charge in [0.25, 0.3) is 5.91 Å². The van der Waals surface area contributed by atoms with E-state index in [1.165, 1.54) is 19.8 Å². The van der Waals surface area contributed by atoms with Crippen molar-refractivity contribution in [3.05, 3.63) is 35.4 Å². The molecule has 1 saturated carbocycles. The number of carbonyl (C=O) groups excluding carboxylic acids is 3. The maximum absolute atomic E-state index is 13.1. The summed E-state index contributed by atoms with van der Waals surface area (Å²) in [4.78, 5) is 41.8. The number of Topliss-reactive ketones (excluding diaryl/α,β-unsaturated/α-hetero) is 1. The maximum atomic E-state index is 13.1. The van der Waals surface area contributed by atoms with Crippen molar-refractivity contribution < 1.29 is 14.4 Å². The molecule has 0 radical (unpaired) electrons. The summed E-state index contributed by atoms with van der Waals surface area (Å²) in [7, 11) is 0. The molecule has 0 aromatic heterocycles. The second kappa shape index (κ2) is 6.53. The van der Waals surface area contributed by atoms with Gasteiger partial charge in [-0.1, -0.05) is 18.2 Å². The second-order valence-corrected chi connectivity index (χ2v) is 8.16. The smallest absolute Gasteiger partial charge is 0.254 e. The van der Waals surface area contributed by atoms with Gasteiger partial charge in [-0.3, -0.25) is 14.4 Å². The van der Waals surface area contributed by atoms with E-state index in [0.717, 1.165) is 32.4 Å². The van der Waals surface area contributed by atoms with Crippen LogP contribution in [0.1, 0.15) is 59.7 Å². The highest BCUT2D eigenvalue weighted by Gasteiger charge is 2.50. The van der Waals surface area contributed by atoms with Gasteiger partial charge in [-0.2, -0.15) is 0 Å². The van der Waals surface area contributed by atoms with Gasteiger partial charge in [-0.05, 0) is 51.0 Å². The number of carbonyl (C=O) groups is 3. The van der Waals surface area contributed by atoms with Crippen molar-refractivity contribution in [2.24, 2.45) is 11.3 Å². The number of nitrogens with zero attached hydrogens (tertiary/aromatic N) is 2. The first-order chi connectivity index (χ1) is 12.5. The minimum absolute atomic E-state index is 0.104. The molecule has 2 amide bonds. The molecule has 0 unspecified atom stereocenters. The first kappa shape index (κ1) is 17.3. The fourth-order valence-corrected chi connectivity index (χ4v) is 4.51. The maximum Gasteiger partial charge on any atom is 0.254 e. The van der Waals surface area contributed by atoms with E-state index in [-0.39, 0.29) is 17.6 Å². The van der Waals surface area contributed by atoms with Crippen LogP contribution in [0.2, 0.25) is 0 Å². The van der Waals surface area contributed by atoms with Gasteiger partial charge >= 0.3 is 0 Å². The summed E-state index contributed by atoms with van der Waals surface area (Å²) in [6.45, 7) is 4.31. The molecule has 2 heterocycles. The van der Waals surface area contributed by atoms with Crippen LogP contribution in [-0.4, -0.2) is 53.6 Å². The molecule has 1 spiro atoms. The van der Waals surface area contributed by atoms with E-state index in [0.29, 0.717) is 30.1 Å². The van der Waals surface area contributed by atoms with Gasteiger partial charge in [0.05, 0.1) is 11.0 Å². The minimum atomic E-state index is -0.409. The number of amides is 2. The predicted molar refractivity (Wildman–Crippen MR) is 97.9 cm³/mol. The fourth-order valence-electron chi connectivity index (χ4n) is 4.51. The van der Waals surface area contributed by atoms with Gasteiger partial charge in [0.1, 0.15) is 0 Å². The third-order valence-electron chi connectivity index (χ3n) is 6.18. The number of ketones is 1. The zero-order valence-corrected chi connectivity index (χ0v) is 15.4. The first-order valence-electron chi connectivity index (χ1n) is 9.69. The van der Waals surface area contributed by atoms with Crippen molar-refractivity contribution in [2.45, 2.75) is 39.0 Å². The largest absolute Gasteiger partial charge is 0.342 e. The highest BCUT2D eigenvalue weighted by atomic mass is 16.2. The molecule has 138 valence electrons. The summed E-state index contributed by atoms with van der Waals surface area (Å²) in [5.41, 5.74) is 0.507. The number of rotatable bonds is 4. The Morgan fingerprint density at radius 3 is 2.54 bits per heavy atom. The number of benzene rings is 1. The molecule has 2 saturated heterocycles. The molecule has 3 fully saturated rings. The van der Waals surface area contributed by atoms with Crippen molar-refractivity contribution in [3.63, 3.8) is 0 Å². The third-order valence-corrected chi connectivity index (χ3v) is 6.18. The topological polar surface area (TPSA) is 57.7 Å². The van der Waals surface area contributed by atoms with E-state index >= 15 is 0 Å². The SMILES string of the molecule is CC(=O)c1ccccc1C(=O)N1CC[C@]2(CCCN(CC3CC3)C2=O)C1. The molecule has 1 atom stereocenters. The monoisotopic (exact) mass is 354 g/mol. The van der Waals surface area contributed by atoms with E-state index in [9.17, 15) is 14.4 Å². The van der Waals surface area contributed by atoms with Crippen LogP contribution >= 0.6 is 0 Å². The molecular weight excluding hydrogens is 328 g/mol. The lowest BCUT2D eigenvalue weighted by Gasteiger charge is -2.39. The van der Waals surface area contributed by atoms with Crippen LogP contribution in [0.4, 0.5) is 0 Å². The van der Waals surface area contributed by atoms with Crippen molar-refractivity contribution in [1.29, 1.82) is 0 Å². The molecule has 5 nitrogen and oxygen atoms in total. The van der Waals surface area contributed by atoms with E-state index in [4.69, 9.17) is 0 Å². The number of likely N-dealkylation sites (tertiary alicyclic amines) is 2. The predicted octanol–water partition coefficient (Wildman–Crippen LogP) is 2.75. The molecular formula is C21H26N2O3. The Hall–Kier alpha value is -2.17. The molecule has 0 N–H and O–H groups in total. The number of hydrogen-bond acceptors (Lipinski definition) is 3. The van der Waals surface area contributed by atoms with E-state index in [1.807, 2.05) is 4.90 Å². The van der Waals surface area contributed by atoms with Gasteiger partial charge in [-0.25, -0.2) is 0 Å². The van der Waals surface area contributed by atoms with Crippen LogP contribution in [0.5, 0.6) is 0 Å². The molecule has 1 aliphatic carbocycles. The molecule has 2 aliphatic heterocycles. The van der Waals surface area contributed by atoms with E-state index in [1.54, 1.807) is 29.2 Å². The van der Waals surface area contributed by atoms with Gasteiger partial charge < -0.3 is 9.80 Å². The third kappa shape index (κ3) is 3.04. The lowest BCUT2D eigenvalue weighted by atomic mass is 9.78. The van der Waals surface area contributed by atoms with Crippen LogP contribution in [0.15, 0.2) is 24.3 Å². The van der Waals surface area contributed by atoms with E-state index < -0.39 is 5.41 Å². The molecule has 5 heteroatoms. The molecule has 1 aromatic carbocycles. The summed E-state index contributed by atoms with van der Waals surface area (Å²) < 4.78 is 0. The Balaban J connectivity index is 1.52. The highest BCUT2D eigenvalue weighted by molar-refractivity contribution is 6.07. The molecule has 26 heavy (non-hydrogen) atoms. The molecule has 1 aromatic rings.